The number of unbranched alkanes of at least 4 members (excludes halogenated alkanes) is 1. The third-order valence-electron chi connectivity index (χ3n) is 15.2. The number of ether oxygens (including phenoxy) is 4. The van der Waals surface area contributed by atoms with Gasteiger partial charge in [0.15, 0.2) is 5.82 Å². The Morgan fingerprint density at radius 1 is 0.852 bits per heavy atom. The van der Waals surface area contributed by atoms with E-state index in [0.717, 1.165) is 45.0 Å². The smallest absolute Gasteiger partial charge is 0.255 e. The van der Waals surface area contributed by atoms with Crippen LogP contribution in [0.2, 0.25) is 0 Å². The van der Waals surface area contributed by atoms with E-state index in [1.54, 1.807) is 41.7 Å². The summed E-state index contributed by atoms with van der Waals surface area (Å²) in [7, 11) is -3.92. The molecule has 0 bridgehead atoms. The predicted molar refractivity (Wildman–Crippen MR) is 328 cm³/mol. The van der Waals surface area contributed by atoms with Gasteiger partial charge >= 0.3 is 0 Å². The number of fused-ring (bicyclic) bond motifs is 2. The zero-order valence-electron chi connectivity index (χ0n) is 49.4. The minimum Gasteiger partial charge on any atom is -0.491 e. The Hall–Kier alpha value is -8.00. The second-order valence-electron chi connectivity index (χ2n) is 22.0. The molecule has 2 aliphatic rings. The average Bonchev–Trinajstić information content (AvgIpc) is 2.94. The van der Waals surface area contributed by atoms with E-state index in [9.17, 15) is 41.9 Å². The molecule has 0 saturated carbocycles. The van der Waals surface area contributed by atoms with Crippen molar-refractivity contribution < 1.29 is 65.2 Å². The van der Waals surface area contributed by atoms with Crippen LogP contribution in [0.3, 0.4) is 0 Å². The van der Waals surface area contributed by atoms with Gasteiger partial charge in [-0.3, -0.25) is 28.7 Å². The first-order chi connectivity index (χ1) is 42.4. The Balaban J connectivity index is 0.652. The summed E-state index contributed by atoms with van der Waals surface area (Å²) in [5.41, 5.74) is 6.70. The Morgan fingerprint density at radius 2 is 1.58 bits per heavy atom. The third kappa shape index (κ3) is 15.8. The molecule has 20 nitrogen and oxygen atoms in total. The summed E-state index contributed by atoms with van der Waals surface area (Å²) in [6.07, 6.45) is 3.95. The van der Waals surface area contributed by atoms with Gasteiger partial charge in [-0.2, -0.15) is 0 Å². The van der Waals surface area contributed by atoms with Gasteiger partial charge in [-0.15, -0.1) is 11.3 Å². The summed E-state index contributed by atoms with van der Waals surface area (Å²) in [5.74, 6) is -4.58. The number of sulfonamides is 1. The van der Waals surface area contributed by atoms with Crippen molar-refractivity contribution in [3.8, 4) is 27.3 Å². The molecule has 5 N–H and O–H groups in total. The lowest BCUT2D eigenvalue weighted by molar-refractivity contribution is -0.143. The van der Waals surface area contributed by atoms with Crippen LogP contribution in [0.15, 0.2) is 103 Å². The van der Waals surface area contributed by atoms with Crippen LogP contribution >= 0.6 is 11.3 Å². The van der Waals surface area contributed by atoms with E-state index < -0.39 is 62.8 Å². The Morgan fingerprint density at radius 3 is 2.30 bits per heavy atom. The Bertz CT molecular complexity index is 3750. The topological polar surface area (TPSA) is 261 Å². The lowest BCUT2D eigenvalue weighted by Gasteiger charge is -2.35. The lowest BCUT2D eigenvalue weighted by atomic mass is 9.99. The standard InChI is InChI=1S/C64H72F2N8O12S2/c1-5-28-88(81,82)72-52-20-19-51(65)56(57(52)66)59(77)50-35-69-61-49(50)29-46(34-68-61)42-15-13-41(14-16-42)32-67-55(76)12-8-9-21-83-22-23-84-24-25-85-26-27-86-54-30-43(60-40(4)71-38-87-60)17-18-44(54)33-70-62(78)53-31-47(75)37-73(53)64(80)58(39(2)3)74-36-45-10-6-7-11-48(45)63(74)79/h6-7,10-11,13-20,29-30,34-35,38-39,47,53,58,72,75H,5,8-9,12,21-28,31-33,36-37H2,1-4H3,(H,67,76)(H,68,69)(H,70,78)/t47-,53+,58+/m1/s1. The molecule has 4 aromatic carbocycles. The molecular weight excluding hydrogens is 1170 g/mol. The third-order valence-corrected chi connectivity index (χ3v) is 17.7. The van der Waals surface area contributed by atoms with E-state index in [-0.39, 0.29) is 80.6 Å². The monoisotopic (exact) mass is 1250 g/mol. The van der Waals surface area contributed by atoms with Gasteiger partial charge in [-0.1, -0.05) is 75.4 Å². The molecule has 9 rings (SSSR count). The first-order valence-corrected chi connectivity index (χ1v) is 31.8. The van der Waals surface area contributed by atoms with Crippen LogP contribution in [0.4, 0.5) is 14.5 Å². The van der Waals surface area contributed by atoms with Crippen LogP contribution in [0, 0.1) is 24.5 Å². The van der Waals surface area contributed by atoms with Crippen molar-refractivity contribution in [2.45, 2.75) is 97.6 Å². The normalized spacial score (nSPS) is 15.2. The number of aromatic amines is 1. The van der Waals surface area contributed by atoms with Gasteiger partial charge in [-0.25, -0.2) is 27.2 Å². The van der Waals surface area contributed by atoms with Crippen molar-refractivity contribution in [2.24, 2.45) is 5.92 Å². The van der Waals surface area contributed by atoms with E-state index in [4.69, 9.17) is 18.9 Å². The quantitative estimate of drug-likeness (QED) is 0.0202. The van der Waals surface area contributed by atoms with Gasteiger partial charge in [0, 0.05) is 85.7 Å². The maximum absolute atomic E-state index is 15.5. The molecule has 0 aliphatic carbocycles. The highest BCUT2D eigenvalue weighted by atomic mass is 32.2. The average molecular weight is 1250 g/mol. The predicted octanol–water partition coefficient (Wildman–Crippen LogP) is 8.50. The van der Waals surface area contributed by atoms with E-state index in [2.05, 4.69) is 30.3 Å². The number of amides is 4. The lowest BCUT2D eigenvalue weighted by Crippen LogP contribution is -2.55. The number of nitrogens with one attached hydrogen (secondary N) is 4. The Labute approximate surface area is 513 Å². The highest BCUT2D eigenvalue weighted by Crippen LogP contribution is 2.35. The highest BCUT2D eigenvalue weighted by Gasteiger charge is 2.46. The van der Waals surface area contributed by atoms with Gasteiger partial charge in [-0.05, 0) is 84.7 Å². The molecule has 5 heterocycles. The highest BCUT2D eigenvalue weighted by molar-refractivity contribution is 7.92. The number of nitrogens with zero attached hydrogens (tertiary/aromatic N) is 4. The minimum absolute atomic E-state index is 0.0229. The summed E-state index contributed by atoms with van der Waals surface area (Å²) >= 11 is 1.51. The van der Waals surface area contributed by atoms with Gasteiger partial charge in [0.1, 0.15) is 35.9 Å². The molecular formula is C64H72F2N8O12S2. The number of aromatic nitrogens is 3. The van der Waals surface area contributed by atoms with Crippen LogP contribution in [0.25, 0.3) is 32.6 Å². The van der Waals surface area contributed by atoms with E-state index in [1.165, 1.54) is 22.4 Å². The van der Waals surface area contributed by atoms with E-state index >= 15 is 4.39 Å². The number of halogens is 2. The maximum atomic E-state index is 15.5. The summed E-state index contributed by atoms with van der Waals surface area (Å²) < 4.78 is 80.7. The van der Waals surface area contributed by atoms with Crippen molar-refractivity contribution in [3.63, 3.8) is 0 Å². The zero-order valence-corrected chi connectivity index (χ0v) is 51.1. The van der Waals surface area contributed by atoms with Crippen LogP contribution in [-0.2, 0) is 58.3 Å². The molecule has 7 aromatic rings. The Kier molecular flexibility index (Phi) is 21.8. The number of thiazole rings is 1. The number of aliphatic hydroxyl groups excluding tert-OH is 1. The van der Waals surface area contributed by atoms with E-state index in [0.29, 0.717) is 92.3 Å². The van der Waals surface area contributed by atoms with Crippen LogP contribution in [0.1, 0.15) is 102 Å². The fourth-order valence-electron chi connectivity index (χ4n) is 10.8. The fraction of sp³-hybridized carbons (Fsp3) is 0.391. The molecule has 3 atom stereocenters. The molecule has 2 aliphatic heterocycles. The number of aryl methyl sites for hydroxylation is 1. The largest absolute Gasteiger partial charge is 0.491 e. The SMILES string of the molecule is CCCS(=O)(=O)Nc1ccc(F)c(C(=O)c2c[nH]c3ncc(-c4ccc(CNC(=O)CCCCOCCOCCOCCOc5cc(-c6scnc6C)ccc5CNC(=O)[C@@H]5C[C@@H](O)CN5C(=O)[C@H](C(C)C)N5Cc6ccccc6C5=O)cc4)cc23)c1F. The number of carbonyl (C=O) groups excluding carboxylic acids is 5. The van der Waals surface area contributed by atoms with Crippen molar-refractivity contribution >= 4 is 67.5 Å². The minimum atomic E-state index is -3.92. The molecule has 3 aromatic heterocycles. The number of anilines is 1. The number of ketones is 1. The first kappa shape index (κ1) is 64.5. The molecule has 88 heavy (non-hydrogen) atoms. The number of hydrogen-bond donors (Lipinski definition) is 5. The maximum Gasteiger partial charge on any atom is 0.255 e. The molecule has 1 fully saturated rings. The number of likely N-dealkylation sites (tertiary alicyclic amines) is 1. The number of rotatable bonds is 31. The molecule has 0 spiro atoms. The number of aliphatic hydroxyl groups is 1. The second kappa shape index (κ2) is 29.8. The number of β-amino-alcohol motifs (C(OH)–C–C–N with tert-alkyl or cyclic N) is 1. The van der Waals surface area contributed by atoms with Crippen molar-refractivity contribution in [1.82, 2.24) is 35.4 Å². The second-order valence-corrected chi connectivity index (χ2v) is 24.7. The number of hydrogen-bond acceptors (Lipinski definition) is 15. The molecule has 4 amide bonds. The van der Waals surface area contributed by atoms with E-state index in [1.807, 2.05) is 75.4 Å². The summed E-state index contributed by atoms with van der Waals surface area (Å²) in [4.78, 5) is 83.5. The molecule has 0 radical (unpaired) electrons. The van der Waals surface area contributed by atoms with Crippen molar-refractivity contribution in [2.75, 3.05) is 63.3 Å². The summed E-state index contributed by atoms with van der Waals surface area (Å²) in [6.45, 7) is 10.3. The number of H-pyrrole nitrogens is 1. The number of carbonyl (C=O) groups is 5. The van der Waals surface area contributed by atoms with Gasteiger partial charge in [0.25, 0.3) is 5.91 Å². The fourth-order valence-corrected chi connectivity index (χ4v) is 12.7. The van der Waals surface area contributed by atoms with Crippen molar-refractivity contribution in [3.05, 3.63) is 154 Å². The van der Waals surface area contributed by atoms with Crippen LogP contribution < -0.4 is 20.1 Å². The first-order valence-electron chi connectivity index (χ1n) is 29.3. The molecule has 0 unspecified atom stereocenters. The van der Waals surface area contributed by atoms with Crippen LogP contribution in [0.5, 0.6) is 5.75 Å². The van der Waals surface area contributed by atoms with Crippen LogP contribution in [-0.4, -0.2) is 144 Å². The number of benzene rings is 4. The zero-order chi connectivity index (χ0) is 62.5. The molecule has 466 valence electrons. The van der Waals surface area contributed by atoms with Gasteiger partial charge in [0.2, 0.25) is 33.5 Å². The number of pyridine rings is 1. The summed E-state index contributed by atoms with van der Waals surface area (Å²) in [6, 6.07) is 22.1. The molecule has 1 saturated heterocycles. The van der Waals surface area contributed by atoms with Gasteiger partial charge in [0.05, 0.1) is 72.2 Å². The molecule has 24 heteroatoms. The van der Waals surface area contributed by atoms with Crippen molar-refractivity contribution in [1.29, 1.82) is 0 Å². The van der Waals surface area contributed by atoms with Gasteiger partial charge < -0.3 is 49.5 Å². The summed E-state index contributed by atoms with van der Waals surface area (Å²) in [5, 5.41) is 17.0.